The molecular weight excluding hydrogens is 282 g/mol. The number of carbonyl (C=O) groups excluding carboxylic acids is 1. The molecule has 0 aliphatic rings. The average molecular weight is 301 g/mol. The molecule has 1 amide bonds. The Morgan fingerprint density at radius 3 is 2.55 bits per heavy atom. The van der Waals surface area contributed by atoms with E-state index in [4.69, 9.17) is 0 Å². The zero-order valence-electron chi connectivity index (χ0n) is 11.5. The molecule has 1 rings (SSSR count). The summed E-state index contributed by atoms with van der Waals surface area (Å²) < 4.78 is 24.5. The summed E-state index contributed by atoms with van der Waals surface area (Å²) >= 11 is 0. The van der Waals surface area contributed by atoms with E-state index in [1.807, 2.05) is 6.92 Å². The molecule has 0 spiro atoms. The van der Waals surface area contributed by atoms with E-state index < -0.39 is 15.9 Å². The van der Waals surface area contributed by atoms with Crippen LogP contribution < -0.4 is 15.4 Å². The van der Waals surface area contributed by atoms with Gasteiger partial charge in [-0.3, -0.25) is 4.79 Å². The van der Waals surface area contributed by atoms with Crippen LogP contribution in [0.2, 0.25) is 0 Å². The molecule has 0 aliphatic heterocycles. The van der Waals surface area contributed by atoms with Crippen molar-refractivity contribution in [3.05, 3.63) is 18.1 Å². The standard InChI is InChI=1S/C11H19N5O3S/c1-3-4-13-10-8-15-9(7-16-10)11(17)14-5-6-20(18,19)12-2/h7-8,12H,3-6H2,1-2H3,(H,13,16)(H,14,17). The van der Waals surface area contributed by atoms with Crippen LogP contribution in [0.5, 0.6) is 0 Å². The van der Waals surface area contributed by atoms with E-state index in [9.17, 15) is 13.2 Å². The SMILES string of the molecule is CCCNc1cnc(C(=O)NCCS(=O)(=O)NC)cn1. The van der Waals surface area contributed by atoms with Crippen LogP contribution in [0.25, 0.3) is 0 Å². The summed E-state index contributed by atoms with van der Waals surface area (Å²) in [7, 11) is -2.00. The van der Waals surface area contributed by atoms with Crippen LogP contribution in [0, 0.1) is 0 Å². The topological polar surface area (TPSA) is 113 Å². The number of rotatable bonds is 8. The molecule has 0 radical (unpaired) electrons. The van der Waals surface area contributed by atoms with E-state index in [0.29, 0.717) is 5.82 Å². The van der Waals surface area contributed by atoms with Crippen molar-refractivity contribution >= 4 is 21.7 Å². The highest BCUT2D eigenvalue weighted by Gasteiger charge is 2.10. The van der Waals surface area contributed by atoms with Gasteiger partial charge in [-0.25, -0.2) is 23.1 Å². The smallest absolute Gasteiger partial charge is 0.271 e. The fourth-order valence-corrected chi connectivity index (χ4v) is 1.86. The molecule has 9 heteroatoms. The number of amides is 1. The highest BCUT2D eigenvalue weighted by molar-refractivity contribution is 7.89. The number of carbonyl (C=O) groups is 1. The van der Waals surface area contributed by atoms with Crippen molar-refractivity contribution in [2.24, 2.45) is 0 Å². The van der Waals surface area contributed by atoms with Crippen molar-refractivity contribution in [1.29, 1.82) is 0 Å². The largest absolute Gasteiger partial charge is 0.369 e. The molecule has 0 fully saturated rings. The van der Waals surface area contributed by atoms with Gasteiger partial charge < -0.3 is 10.6 Å². The number of anilines is 1. The third-order valence-electron chi connectivity index (χ3n) is 2.41. The summed E-state index contributed by atoms with van der Waals surface area (Å²) in [5.74, 6) is -0.0364. The predicted molar refractivity (Wildman–Crippen MR) is 76.0 cm³/mol. The Kier molecular flexibility index (Phi) is 6.32. The fraction of sp³-hybridized carbons (Fsp3) is 0.545. The Morgan fingerprint density at radius 2 is 2.00 bits per heavy atom. The van der Waals surface area contributed by atoms with Crippen LogP contribution in [0.15, 0.2) is 12.4 Å². The molecule has 0 atom stereocenters. The van der Waals surface area contributed by atoms with Crippen molar-refractivity contribution in [2.75, 3.05) is 31.2 Å². The van der Waals surface area contributed by atoms with Crippen LogP contribution in [0.3, 0.4) is 0 Å². The van der Waals surface area contributed by atoms with Crippen LogP contribution in [0.1, 0.15) is 23.8 Å². The highest BCUT2D eigenvalue weighted by atomic mass is 32.2. The molecule has 8 nitrogen and oxygen atoms in total. The molecular formula is C11H19N5O3S. The minimum Gasteiger partial charge on any atom is -0.369 e. The van der Waals surface area contributed by atoms with E-state index in [2.05, 4.69) is 25.3 Å². The molecule has 20 heavy (non-hydrogen) atoms. The molecule has 0 bridgehead atoms. The first-order valence-electron chi connectivity index (χ1n) is 6.24. The van der Waals surface area contributed by atoms with Gasteiger partial charge in [0, 0.05) is 13.1 Å². The van der Waals surface area contributed by atoms with Gasteiger partial charge in [-0.1, -0.05) is 6.92 Å². The quantitative estimate of drug-likeness (QED) is 0.601. The van der Waals surface area contributed by atoms with E-state index in [0.717, 1.165) is 13.0 Å². The molecule has 1 aromatic rings. The lowest BCUT2D eigenvalue weighted by Crippen LogP contribution is -2.33. The third kappa shape index (κ3) is 5.49. The number of aromatic nitrogens is 2. The molecule has 0 saturated heterocycles. The maximum Gasteiger partial charge on any atom is 0.271 e. The maximum atomic E-state index is 11.7. The number of sulfonamides is 1. The number of nitrogens with zero attached hydrogens (tertiary/aromatic N) is 2. The van der Waals surface area contributed by atoms with E-state index in [-0.39, 0.29) is 18.0 Å². The lowest BCUT2D eigenvalue weighted by Gasteiger charge is -2.06. The molecule has 0 saturated carbocycles. The predicted octanol–water partition coefficient (Wildman–Crippen LogP) is -0.422. The number of hydrogen-bond acceptors (Lipinski definition) is 6. The van der Waals surface area contributed by atoms with Gasteiger partial charge >= 0.3 is 0 Å². The summed E-state index contributed by atoms with van der Waals surface area (Å²) in [6.45, 7) is 2.82. The Hall–Kier alpha value is -1.74. The first kappa shape index (κ1) is 16.3. The van der Waals surface area contributed by atoms with Gasteiger partial charge in [0.25, 0.3) is 5.91 Å². The summed E-state index contributed by atoms with van der Waals surface area (Å²) in [5, 5.41) is 5.51. The molecule has 3 N–H and O–H groups in total. The Labute approximate surface area is 118 Å². The van der Waals surface area contributed by atoms with Crippen LogP contribution >= 0.6 is 0 Å². The van der Waals surface area contributed by atoms with Gasteiger partial charge in [-0.2, -0.15) is 0 Å². The second kappa shape index (κ2) is 7.75. The summed E-state index contributed by atoms with van der Waals surface area (Å²) in [6, 6.07) is 0. The fourth-order valence-electron chi connectivity index (χ4n) is 1.28. The minimum atomic E-state index is -3.33. The lowest BCUT2D eigenvalue weighted by molar-refractivity contribution is 0.0951. The summed E-state index contributed by atoms with van der Waals surface area (Å²) in [4.78, 5) is 19.7. The van der Waals surface area contributed by atoms with Crippen LogP contribution in [-0.2, 0) is 10.0 Å². The van der Waals surface area contributed by atoms with Crippen molar-refractivity contribution in [2.45, 2.75) is 13.3 Å². The molecule has 1 heterocycles. The summed E-state index contributed by atoms with van der Waals surface area (Å²) in [5.41, 5.74) is 0.147. The summed E-state index contributed by atoms with van der Waals surface area (Å²) in [6.07, 6.45) is 3.78. The Morgan fingerprint density at radius 1 is 1.25 bits per heavy atom. The van der Waals surface area contributed by atoms with Crippen LogP contribution in [0.4, 0.5) is 5.82 Å². The molecule has 112 valence electrons. The Balaban J connectivity index is 2.47. The minimum absolute atomic E-state index is 0.0134. The zero-order valence-corrected chi connectivity index (χ0v) is 12.3. The van der Waals surface area contributed by atoms with Crippen molar-refractivity contribution in [1.82, 2.24) is 20.0 Å². The van der Waals surface area contributed by atoms with Gasteiger partial charge in [0.15, 0.2) is 0 Å². The van der Waals surface area contributed by atoms with Gasteiger partial charge in [-0.15, -0.1) is 0 Å². The van der Waals surface area contributed by atoms with E-state index >= 15 is 0 Å². The van der Waals surface area contributed by atoms with Gasteiger partial charge in [-0.05, 0) is 13.5 Å². The second-order valence-electron chi connectivity index (χ2n) is 3.99. The van der Waals surface area contributed by atoms with E-state index in [1.165, 1.54) is 19.4 Å². The average Bonchev–Trinajstić information content (AvgIpc) is 2.45. The molecule has 0 aromatic carbocycles. The van der Waals surface area contributed by atoms with E-state index in [1.54, 1.807) is 0 Å². The van der Waals surface area contributed by atoms with Gasteiger partial charge in [0.1, 0.15) is 11.5 Å². The molecule has 1 aromatic heterocycles. The van der Waals surface area contributed by atoms with Crippen molar-refractivity contribution in [3.8, 4) is 0 Å². The monoisotopic (exact) mass is 301 g/mol. The molecule has 0 aliphatic carbocycles. The number of hydrogen-bond donors (Lipinski definition) is 3. The van der Waals surface area contributed by atoms with Crippen LogP contribution in [-0.4, -0.2) is 50.2 Å². The van der Waals surface area contributed by atoms with Crippen molar-refractivity contribution in [3.63, 3.8) is 0 Å². The zero-order chi connectivity index (χ0) is 15.0. The van der Waals surface area contributed by atoms with Gasteiger partial charge in [0.05, 0.1) is 18.1 Å². The molecule has 0 unspecified atom stereocenters. The highest BCUT2D eigenvalue weighted by Crippen LogP contribution is 2.01. The third-order valence-corrected chi connectivity index (χ3v) is 3.77. The Bertz CT molecular complexity index is 529. The van der Waals surface area contributed by atoms with Gasteiger partial charge in [0.2, 0.25) is 10.0 Å². The van der Waals surface area contributed by atoms with Crippen molar-refractivity contribution < 1.29 is 13.2 Å². The lowest BCUT2D eigenvalue weighted by atomic mass is 10.4. The number of nitrogens with one attached hydrogen (secondary N) is 3. The first-order valence-corrected chi connectivity index (χ1v) is 7.89. The second-order valence-corrected chi connectivity index (χ2v) is 6.04. The first-order chi connectivity index (χ1) is 9.48. The normalized spacial score (nSPS) is 11.1. The maximum absolute atomic E-state index is 11.7.